The SMILES string of the molecule is Cc1ccc(COc2cccc(CC(CN)c3nccs3)c2)cc1. The number of ether oxygens (including phenoxy) is 1. The Morgan fingerprint density at radius 3 is 2.67 bits per heavy atom. The van der Waals surface area contributed by atoms with E-state index >= 15 is 0 Å². The third kappa shape index (κ3) is 4.43. The third-order valence-electron chi connectivity index (χ3n) is 3.99. The Morgan fingerprint density at radius 1 is 1.12 bits per heavy atom. The fourth-order valence-corrected chi connectivity index (χ4v) is 3.36. The molecule has 3 nitrogen and oxygen atoms in total. The summed E-state index contributed by atoms with van der Waals surface area (Å²) in [7, 11) is 0. The molecule has 1 heterocycles. The minimum Gasteiger partial charge on any atom is -0.489 e. The van der Waals surface area contributed by atoms with Gasteiger partial charge in [0.15, 0.2) is 0 Å². The summed E-state index contributed by atoms with van der Waals surface area (Å²) < 4.78 is 5.93. The zero-order valence-electron chi connectivity index (χ0n) is 13.8. The van der Waals surface area contributed by atoms with Gasteiger partial charge in [-0.15, -0.1) is 11.3 Å². The minimum absolute atomic E-state index is 0.261. The number of aromatic nitrogens is 1. The van der Waals surface area contributed by atoms with Crippen LogP contribution in [0.1, 0.15) is 27.6 Å². The lowest BCUT2D eigenvalue weighted by atomic mass is 10.00. The maximum absolute atomic E-state index is 5.93. The molecule has 0 radical (unpaired) electrons. The van der Waals surface area contributed by atoms with Crippen molar-refractivity contribution in [3.8, 4) is 5.75 Å². The van der Waals surface area contributed by atoms with Crippen LogP contribution in [-0.4, -0.2) is 11.5 Å². The van der Waals surface area contributed by atoms with Crippen molar-refractivity contribution in [3.63, 3.8) is 0 Å². The van der Waals surface area contributed by atoms with Crippen molar-refractivity contribution in [1.29, 1.82) is 0 Å². The molecular formula is C20H22N2OS. The van der Waals surface area contributed by atoms with Gasteiger partial charge in [0.25, 0.3) is 0 Å². The van der Waals surface area contributed by atoms with Crippen LogP contribution >= 0.6 is 11.3 Å². The minimum atomic E-state index is 0.261. The van der Waals surface area contributed by atoms with E-state index in [0.717, 1.165) is 17.2 Å². The Bertz CT molecular complexity index is 754. The Balaban J connectivity index is 1.64. The van der Waals surface area contributed by atoms with E-state index in [0.29, 0.717) is 13.2 Å². The van der Waals surface area contributed by atoms with E-state index in [4.69, 9.17) is 10.5 Å². The highest BCUT2D eigenvalue weighted by Crippen LogP contribution is 2.24. The van der Waals surface area contributed by atoms with Gasteiger partial charge in [-0.1, -0.05) is 42.0 Å². The fraction of sp³-hybridized carbons (Fsp3) is 0.250. The number of hydrogen-bond acceptors (Lipinski definition) is 4. The van der Waals surface area contributed by atoms with E-state index in [1.54, 1.807) is 11.3 Å². The van der Waals surface area contributed by atoms with Gasteiger partial charge < -0.3 is 10.5 Å². The van der Waals surface area contributed by atoms with Crippen molar-refractivity contribution in [2.75, 3.05) is 6.54 Å². The molecule has 0 aliphatic rings. The van der Waals surface area contributed by atoms with Crippen LogP contribution in [0.25, 0.3) is 0 Å². The van der Waals surface area contributed by atoms with Crippen molar-refractivity contribution < 1.29 is 4.74 Å². The standard InChI is InChI=1S/C20H22N2OS/c1-15-5-7-16(8-6-15)14-23-19-4-2-3-17(12-19)11-18(13-21)20-22-9-10-24-20/h2-10,12,18H,11,13-14,21H2,1H3. The first-order valence-corrected chi connectivity index (χ1v) is 8.99. The van der Waals surface area contributed by atoms with Gasteiger partial charge in [-0.25, -0.2) is 4.98 Å². The highest BCUT2D eigenvalue weighted by Gasteiger charge is 2.13. The number of nitrogens with zero attached hydrogens (tertiary/aromatic N) is 1. The molecule has 0 bridgehead atoms. The number of hydrogen-bond donors (Lipinski definition) is 1. The molecular weight excluding hydrogens is 316 g/mol. The number of benzene rings is 2. The summed E-state index contributed by atoms with van der Waals surface area (Å²) in [5.74, 6) is 1.15. The quantitative estimate of drug-likeness (QED) is 0.698. The molecule has 1 atom stereocenters. The van der Waals surface area contributed by atoms with E-state index in [1.165, 1.54) is 16.7 Å². The summed E-state index contributed by atoms with van der Waals surface area (Å²) in [6.45, 7) is 3.27. The maximum Gasteiger partial charge on any atom is 0.120 e. The molecule has 3 aromatic rings. The Morgan fingerprint density at radius 2 is 1.96 bits per heavy atom. The van der Waals surface area contributed by atoms with Crippen LogP contribution in [-0.2, 0) is 13.0 Å². The normalized spacial score (nSPS) is 12.1. The van der Waals surface area contributed by atoms with Crippen LogP contribution in [0.5, 0.6) is 5.75 Å². The summed E-state index contributed by atoms with van der Waals surface area (Å²) in [6.07, 6.45) is 2.72. The zero-order valence-corrected chi connectivity index (χ0v) is 14.6. The predicted molar refractivity (Wildman–Crippen MR) is 99.6 cm³/mol. The fourth-order valence-electron chi connectivity index (χ4n) is 2.61. The van der Waals surface area contributed by atoms with Crippen molar-refractivity contribution in [3.05, 3.63) is 81.8 Å². The molecule has 0 aliphatic carbocycles. The van der Waals surface area contributed by atoms with Gasteiger partial charge in [0.2, 0.25) is 0 Å². The summed E-state index contributed by atoms with van der Waals surface area (Å²) in [5, 5.41) is 3.10. The molecule has 0 saturated heterocycles. The second kappa shape index (κ2) is 8.08. The highest BCUT2D eigenvalue weighted by molar-refractivity contribution is 7.09. The molecule has 1 unspecified atom stereocenters. The van der Waals surface area contributed by atoms with Gasteiger partial charge in [-0.05, 0) is 36.6 Å². The smallest absolute Gasteiger partial charge is 0.120 e. The molecule has 0 aliphatic heterocycles. The number of aryl methyl sites for hydroxylation is 1. The monoisotopic (exact) mass is 338 g/mol. The van der Waals surface area contributed by atoms with Crippen LogP contribution in [0.4, 0.5) is 0 Å². The van der Waals surface area contributed by atoms with E-state index in [2.05, 4.69) is 48.3 Å². The first-order valence-electron chi connectivity index (χ1n) is 8.11. The first-order chi connectivity index (χ1) is 11.7. The molecule has 2 N–H and O–H groups in total. The number of thiazole rings is 1. The summed E-state index contributed by atoms with van der Waals surface area (Å²) in [6, 6.07) is 16.7. The molecule has 0 fully saturated rings. The maximum atomic E-state index is 5.93. The van der Waals surface area contributed by atoms with Gasteiger partial charge in [0, 0.05) is 24.0 Å². The molecule has 4 heteroatoms. The van der Waals surface area contributed by atoms with Gasteiger partial charge >= 0.3 is 0 Å². The topological polar surface area (TPSA) is 48.1 Å². The van der Waals surface area contributed by atoms with Gasteiger partial charge in [-0.3, -0.25) is 0 Å². The second-order valence-electron chi connectivity index (χ2n) is 5.93. The molecule has 24 heavy (non-hydrogen) atoms. The van der Waals surface area contributed by atoms with Gasteiger partial charge in [-0.2, -0.15) is 0 Å². The Kier molecular flexibility index (Phi) is 5.62. The van der Waals surface area contributed by atoms with E-state index in [1.807, 2.05) is 23.7 Å². The van der Waals surface area contributed by atoms with Gasteiger partial charge in [0.1, 0.15) is 12.4 Å². The zero-order chi connectivity index (χ0) is 16.8. The highest BCUT2D eigenvalue weighted by atomic mass is 32.1. The van der Waals surface area contributed by atoms with E-state index in [9.17, 15) is 0 Å². The molecule has 0 amide bonds. The summed E-state index contributed by atoms with van der Waals surface area (Å²) in [5.41, 5.74) is 9.59. The van der Waals surface area contributed by atoms with Crippen molar-refractivity contribution in [2.45, 2.75) is 25.9 Å². The molecule has 2 aromatic carbocycles. The average molecular weight is 338 g/mol. The van der Waals surface area contributed by atoms with Crippen LogP contribution in [0, 0.1) is 6.92 Å². The van der Waals surface area contributed by atoms with E-state index in [-0.39, 0.29) is 5.92 Å². The van der Waals surface area contributed by atoms with Gasteiger partial charge in [0.05, 0.1) is 5.01 Å². The number of rotatable bonds is 7. The van der Waals surface area contributed by atoms with Crippen LogP contribution < -0.4 is 10.5 Å². The largest absolute Gasteiger partial charge is 0.489 e. The second-order valence-corrected chi connectivity index (χ2v) is 6.85. The molecule has 3 rings (SSSR count). The lowest BCUT2D eigenvalue weighted by Crippen LogP contribution is -2.14. The van der Waals surface area contributed by atoms with Crippen LogP contribution in [0.2, 0.25) is 0 Å². The predicted octanol–water partition coefficient (Wildman–Crippen LogP) is 4.32. The van der Waals surface area contributed by atoms with Crippen molar-refractivity contribution in [1.82, 2.24) is 4.98 Å². The average Bonchev–Trinajstić information content (AvgIpc) is 3.14. The molecule has 0 spiro atoms. The molecule has 124 valence electrons. The van der Waals surface area contributed by atoms with Crippen molar-refractivity contribution >= 4 is 11.3 Å². The van der Waals surface area contributed by atoms with Crippen LogP contribution in [0.3, 0.4) is 0 Å². The third-order valence-corrected chi connectivity index (χ3v) is 4.93. The summed E-state index contributed by atoms with van der Waals surface area (Å²) in [4.78, 5) is 4.40. The Labute approximate surface area is 147 Å². The van der Waals surface area contributed by atoms with E-state index < -0.39 is 0 Å². The lowest BCUT2D eigenvalue weighted by Gasteiger charge is -2.13. The van der Waals surface area contributed by atoms with Crippen LogP contribution in [0.15, 0.2) is 60.1 Å². The molecule has 0 saturated carbocycles. The molecule has 1 aromatic heterocycles. The Hall–Kier alpha value is -2.17. The first kappa shape index (κ1) is 16.7. The lowest BCUT2D eigenvalue weighted by molar-refractivity contribution is 0.306. The number of nitrogens with two attached hydrogens (primary N) is 1. The van der Waals surface area contributed by atoms with Crippen molar-refractivity contribution in [2.24, 2.45) is 5.73 Å². The summed E-state index contributed by atoms with van der Waals surface area (Å²) >= 11 is 1.67.